The molecule has 0 radical (unpaired) electrons. The van der Waals surface area contributed by atoms with Crippen LogP contribution in [0.1, 0.15) is 78.3 Å². The van der Waals surface area contributed by atoms with Gasteiger partial charge in [-0.2, -0.15) is 5.26 Å². The Hall–Kier alpha value is -4.17. The van der Waals surface area contributed by atoms with E-state index >= 15 is 0 Å². The molecule has 6 rings (SSSR count). The van der Waals surface area contributed by atoms with E-state index in [4.69, 9.17) is 25.8 Å². The van der Waals surface area contributed by atoms with Crippen LogP contribution in [0.3, 0.4) is 0 Å². The molecule has 2 aliphatic heterocycles. The first kappa shape index (κ1) is 39.5. The van der Waals surface area contributed by atoms with E-state index in [-0.39, 0.29) is 31.9 Å². The third-order valence-electron chi connectivity index (χ3n) is 11.0. The van der Waals surface area contributed by atoms with Gasteiger partial charge in [-0.3, -0.25) is 14.8 Å². The number of benzene rings is 3. The Kier molecular flexibility index (Phi) is 14.2. The molecule has 54 heavy (non-hydrogen) atoms. The number of hydrogen-bond donors (Lipinski definition) is 2. The molecule has 10 heteroatoms. The number of piperidine rings is 2. The van der Waals surface area contributed by atoms with Gasteiger partial charge in [0.05, 0.1) is 30.4 Å². The van der Waals surface area contributed by atoms with E-state index in [1.807, 2.05) is 18.2 Å². The number of aliphatic hydroxyl groups is 2. The lowest BCUT2D eigenvalue weighted by Gasteiger charge is -2.35. The summed E-state index contributed by atoms with van der Waals surface area (Å²) in [7, 11) is 0. The van der Waals surface area contributed by atoms with Crippen LogP contribution < -0.4 is 14.2 Å². The zero-order valence-electron chi connectivity index (χ0n) is 31.6. The van der Waals surface area contributed by atoms with Gasteiger partial charge >= 0.3 is 0 Å². The molecule has 1 aromatic heterocycles. The molecular formula is C44H53ClN4O5. The van der Waals surface area contributed by atoms with Crippen LogP contribution in [-0.2, 0) is 19.8 Å². The van der Waals surface area contributed by atoms with Gasteiger partial charge in [0.25, 0.3) is 0 Å². The lowest BCUT2D eigenvalue weighted by Crippen LogP contribution is -2.42. The molecule has 2 saturated heterocycles. The molecule has 0 bridgehead atoms. The van der Waals surface area contributed by atoms with Gasteiger partial charge in [0, 0.05) is 54.8 Å². The Labute approximate surface area is 325 Å². The summed E-state index contributed by atoms with van der Waals surface area (Å²) in [5, 5.41) is 29.7. The monoisotopic (exact) mass is 752 g/mol. The zero-order valence-corrected chi connectivity index (χ0v) is 32.4. The van der Waals surface area contributed by atoms with Crippen molar-refractivity contribution >= 4 is 11.6 Å². The first-order valence-electron chi connectivity index (χ1n) is 19.3. The summed E-state index contributed by atoms with van der Waals surface area (Å²) in [6.07, 6.45) is 10.7. The van der Waals surface area contributed by atoms with Crippen molar-refractivity contribution in [3.8, 4) is 34.4 Å². The maximum absolute atomic E-state index is 10.1. The number of aliphatic hydroxyl groups excluding tert-OH is 2. The van der Waals surface area contributed by atoms with Crippen molar-refractivity contribution < 1.29 is 24.4 Å². The van der Waals surface area contributed by atoms with Gasteiger partial charge in [-0.15, -0.1) is 0 Å². The van der Waals surface area contributed by atoms with Crippen molar-refractivity contribution in [1.82, 2.24) is 14.8 Å². The molecule has 0 spiro atoms. The minimum absolute atomic E-state index is 0.0916. The van der Waals surface area contributed by atoms with Crippen LogP contribution in [0.25, 0.3) is 11.1 Å². The minimum atomic E-state index is 0.0916. The number of ether oxygens (including phenoxy) is 3. The highest BCUT2D eigenvalue weighted by Crippen LogP contribution is 2.37. The summed E-state index contributed by atoms with van der Waals surface area (Å²) in [5.41, 5.74) is 7.67. The molecule has 4 aromatic rings. The van der Waals surface area contributed by atoms with Crippen molar-refractivity contribution in [1.29, 1.82) is 5.26 Å². The fourth-order valence-electron chi connectivity index (χ4n) is 7.79. The number of halogens is 1. The quantitative estimate of drug-likeness (QED) is 0.110. The number of hydrogen-bond acceptors (Lipinski definition) is 9. The van der Waals surface area contributed by atoms with Crippen LogP contribution in [0.5, 0.6) is 17.2 Å². The lowest BCUT2D eigenvalue weighted by atomic mass is 9.93. The molecular weight excluding hydrogens is 700 g/mol. The fraction of sp³-hybridized carbons (Fsp3) is 0.455. The van der Waals surface area contributed by atoms with E-state index in [9.17, 15) is 15.5 Å². The summed E-state index contributed by atoms with van der Waals surface area (Å²) >= 11 is 6.91. The summed E-state index contributed by atoms with van der Waals surface area (Å²) in [6.45, 7) is 9.19. The van der Waals surface area contributed by atoms with E-state index in [1.54, 1.807) is 12.3 Å². The molecule has 2 N–H and O–H groups in total. The van der Waals surface area contributed by atoms with Gasteiger partial charge in [0.1, 0.15) is 36.5 Å². The number of likely N-dealkylation sites (tertiary alicyclic amines) is 2. The Bertz CT molecular complexity index is 1900. The third-order valence-corrected chi connectivity index (χ3v) is 11.3. The molecule has 0 saturated carbocycles. The van der Waals surface area contributed by atoms with Gasteiger partial charge in [-0.25, -0.2) is 0 Å². The second kappa shape index (κ2) is 19.4. The number of nitrogens with zero attached hydrogens (tertiary/aromatic N) is 4. The van der Waals surface area contributed by atoms with Crippen LogP contribution in [0.2, 0.25) is 5.02 Å². The average molecular weight is 753 g/mol. The van der Waals surface area contributed by atoms with Crippen molar-refractivity contribution in [3.63, 3.8) is 0 Å². The fourth-order valence-corrected chi connectivity index (χ4v) is 8.03. The van der Waals surface area contributed by atoms with Crippen LogP contribution in [0, 0.1) is 25.2 Å². The van der Waals surface area contributed by atoms with Crippen LogP contribution in [0.4, 0.5) is 0 Å². The van der Waals surface area contributed by atoms with Gasteiger partial charge < -0.3 is 24.4 Å². The summed E-state index contributed by atoms with van der Waals surface area (Å²) in [5.74, 6) is 2.04. The SMILES string of the molecule is Cc1c(COc2cc(OCc3cncc(C#N)c3)c(CN3CCCCC3CO)cc2Cl)cccc1-c1cccc(OCCCN2CCCCC2CO)c1C. The van der Waals surface area contributed by atoms with E-state index in [2.05, 4.69) is 65.0 Å². The predicted molar refractivity (Wildman–Crippen MR) is 212 cm³/mol. The van der Waals surface area contributed by atoms with Crippen molar-refractivity contribution in [2.24, 2.45) is 0 Å². The highest BCUT2D eigenvalue weighted by Gasteiger charge is 2.24. The first-order valence-corrected chi connectivity index (χ1v) is 19.7. The van der Waals surface area contributed by atoms with Gasteiger partial charge in [-0.1, -0.05) is 54.8 Å². The molecule has 3 aromatic carbocycles. The molecule has 2 fully saturated rings. The second-order valence-electron chi connectivity index (χ2n) is 14.6. The van der Waals surface area contributed by atoms with E-state index in [0.29, 0.717) is 41.8 Å². The second-order valence-corrected chi connectivity index (χ2v) is 15.0. The molecule has 9 nitrogen and oxygen atoms in total. The van der Waals surface area contributed by atoms with Crippen molar-refractivity contribution in [3.05, 3.63) is 105 Å². The van der Waals surface area contributed by atoms with Crippen LogP contribution in [0.15, 0.2) is 67.0 Å². The molecule has 2 unspecified atom stereocenters. The largest absolute Gasteiger partial charge is 0.493 e. The topological polar surface area (TPSA) is 111 Å². The summed E-state index contributed by atoms with van der Waals surface area (Å²) < 4.78 is 19.1. The summed E-state index contributed by atoms with van der Waals surface area (Å²) in [4.78, 5) is 8.88. The van der Waals surface area contributed by atoms with Crippen LogP contribution >= 0.6 is 11.6 Å². The molecule has 3 heterocycles. The van der Waals surface area contributed by atoms with Crippen LogP contribution in [-0.4, -0.2) is 76.5 Å². The molecule has 0 aliphatic carbocycles. The van der Waals surface area contributed by atoms with Crippen molar-refractivity contribution in [2.45, 2.75) is 90.6 Å². The van der Waals surface area contributed by atoms with E-state index in [0.717, 1.165) is 96.4 Å². The number of aromatic nitrogens is 1. The Morgan fingerprint density at radius 2 is 1.48 bits per heavy atom. The smallest absolute Gasteiger partial charge is 0.142 e. The maximum atomic E-state index is 10.1. The first-order chi connectivity index (χ1) is 26.4. The third kappa shape index (κ3) is 9.92. The standard InChI is InChI=1S/C44H53ClN4O5/c1-31-35(10-7-13-39(31)40-14-8-15-42(32(40)2)52-19-9-18-48-16-5-3-11-37(48)27-50)30-54-44-22-43(53-29-34-20-33(23-46)24-47-25-34)36(21-41(44)45)26-49-17-6-4-12-38(49)28-51/h7-8,10,13-15,20-22,24-25,37-38,50-51H,3-6,9,11-12,16-19,26-30H2,1-2H3. The molecule has 286 valence electrons. The van der Waals surface area contributed by atoms with E-state index in [1.165, 1.54) is 19.0 Å². The highest BCUT2D eigenvalue weighted by atomic mass is 35.5. The highest BCUT2D eigenvalue weighted by molar-refractivity contribution is 6.32. The normalized spacial score (nSPS) is 17.9. The Balaban J connectivity index is 1.16. The molecule has 2 atom stereocenters. The van der Waals surface area contributed by atoms with E-state index < -0.39 is 0 Å². The van der Waals surface area contributed by atoms with Crippen molar-refractivity contribution in [2.75, 3.05) is 39.5 Å². The van der Waals surface area contributed by atoms with Gasteiger partial charge in [0.2, 0.25) is 0 Å². The zero-order chi connectivity index (χ0) is 37.9. The Morgan fingerprint density at radius 1 is 0.778 bits per heavy atom. The Morgan fingerprint density at radius 3 is 2.24 bits per heavy atom. The van der Waals surface area contributed by atoms with Gasteiger partial charge in [0.15, 0.2) is 0 Å². The number of pyridine rings is 1. The molecule has 2 aliphatic rings. The minimum Gasteiger partial charge on any atom is -0.493 e. The average Bonchev–Trinajstić information content (AvgIpc) is 3.20. The van der Waals surface area contributed by atoms with Gasteiger partial charge in [-0.05, 0) is 105 Å². The lowest BCUT2D eigenvalue weighted by molar-refractivity contribution is 0.0831. The summed E-state index contributed by atoms with van der Waals surface area (Å²) in [6, 6.07) is 20.6. The number of nitriles is 1. The molecule has 0 amide bonds. The number of rotatable bonds is 16. The maximum Gasteiger partial charge on any atom is 0.142 e. The predicted octanol–water partition coefficient (Wildman–Crippen LogP) is 8.01.